The lowest BCUT2D eigenvalue weighted by Gasteiger charge is -2.05. The Balaban J connectivity index is 2.30. The highest BCUT2D eigenvalue weighted by Gasteiger charge is 2.06. The molecule has 1 heterocycles. The van der Waals surface area contributed by atoms with Crippen molar-refractivity contribution in [3.63, 3.8) is 0 Å². The fraction of sp³-hybridized carbons (Fsp3) is 0. The molecule has 2 rings (SSSR count). The molecule has 0 aliphatic rings. The first-order valence-corrected chi connectivity index (χ1v) is 5.43. The van der Waals surface area contributed by atoms with Gasteiger partial charge in [0.15, 0.2) is 16.7 Å². The van der Waals surface area contributed by atoms with Crippen molar-refractivity contribution in [2.24, 2.45) is 0 Å². The van der Waals surface area contributed by atoms with Gasteiger partial charge in [-0.3, -0.25) is 4.98 Å². The molecule has 16 heavy (non-hydrogen) atoms. The van der Waals surface area contributed by atoms with Gasteiger partial charge < -0.3 is 4.74 Å². The molecule has 0 radical (unpaired) electrons. The first-order chi connectivity index (χ1) is 7.65. The molecule has 2 aromatic rings. The van der Waals surface area contributed by atoms with Crippen molar-refractivity contribution in [3.05, 3.63) is 46.0 Å². The molecule has 1 aromatic heterocycles. The van der Waals surface area contributed by atoms with Crippen LogP contribution < -0.4 is 4.74 Å². The molecule has 0 saturated heterocycles. The second-order valence-corrected chi connectivity index (χ2v) is 4.16. The number of benzene rings is 1. The molecule has 82 valence electrons. The Morgan fingerprint density at radius 1 is 1.31 bits per heavy atom. The molecule has 0 saturated carbocycles. The Morgan fingerprint density at radius 3 is 2.88 bits per heavy atom. The number of aromatic nitrogens is 2. The molecule has 1 aromatic carbocycles. The standard InChI is InChI=1S/C10H5BrClFN2O/c11-6-1-2-7(13)8(3-6)16-10-5-14-4-9(12)15-10/h1-5H. The maximum atomic E-state index is 13.3. The highest BCUT2D eigenvalue weighted by molar-refractivity contribution is 9.10. The third-order valence-electron chi connectivity index (χ3n) is 1.69. The van der Waals surface area contributed by atoms with Crippen molar-refractivity contribution >= 4 is 27.5 Å². The van der Waals surface area contributed by atoms with Gasteiger partial charge in [0.05, 0.1) is 12.4 Å². The first kappa shape index (κ1) is 11.3. The topological polar surface area (TPSA) is 35.0 Å². The smallest absolute Gasteiger partial charge is 0.239 e. The Bertz CT molecular complexity index is 524. The van der Waals surface area contributed by atoms with Crippen molar-refractivity contribution in [1.82, 2.24) is 9.97 Å². The number of rotatable bonds is 2. The average Bonchev–Trinajstić information content (AvgIpc) is 2.24. The first-order valence-electron chi connectivity index (χ1n) is 4.25. The number of ether oxygens (including phenoxy) is 1. The van der Waals surface area contributed by atoms with Crippen LogP contribution in [-0.4, -0.2) is 9.97 Å². The van der Waals surface area contributed by atoms with Crippen LogP contribution in [0.1, 0.15) is 0 Å². The number of hydrogen-bond donors (Lipinski definition) is 0. The van der Waals surface area contributed by atoms with Crippen molar-refractivity contribution in [1.29, 1.82) is 0 Å². The molecule has 0 unspecified atom stereocenters. The maximum Gasteiger partial charge on any atom is 0.239 e. The van der Waals surface area contributed by atoms with E-state index in [4.69, 9.17) is 16.3 Å². The molecule has 0 atom stereocenters. The zero-order valence-corrected chi connectivity index (χ0v) is 10.2. The lowest BCUT2D eigenvalue weighted by Crippen LogP contribution is -1.92. The van der Waals surface area contributed by atoms with E-state index in [1.165, 1.54) is 24.5 Å². The van der Waals surface area contributed by atoms with Gasteiger partial charge in [-0.05, 0) is 18.2 Å². The van der Waals surface area contributed by atoms with E-state index in [0.717, 1.165) is 0 Å². The lowest BCUT2D eigenvalue weighted by molar-refractivity contribution is 0.425. The predicted octanol–water partition coefficient (Wildman–Crippen LogP) is 3.82. The van der Waals surface area contributed by atoms with Gasteiger partial charge in [0, 0.05) is 4.47 Å². The average molecular weight is 304 g/mol. The van der Waals surface area contributed by atoms with Gasteiger partial charge in [0.1, 0.15) is 0 Å². The Hall–Kier alpha value is -1.20. The van der Waals surface area contributed by atoms with Crippen LogP contribution in [0.4, 0.5) is 4.39 Å². The minimum absolute atomic E-state index is 0.0611. The summed E-state index contributed by atoms with van der Waals surface area (Å²) in [5.74, 6) is -0.277. The largest absolute Gasteiger partial charge is 0.434 e. The molecule has 0 amide bonds. The van der Waals surface area contributed by atoms with Crippen LogP contribution in [0.25, 0.3) is 0 Å². The van der Waals surface area contributed by atoms with Gasteiger partial charge in [-0.15, -0.1) is 0 Å². The summed E-state index contributed by atoms with van der Waals surface area (Å²) in [6.45, 7) is 0. The number of nitrogens with zero attached hydrogens (tertiary/aromatic N) is 2. The molecule has 0 aliphatic carbocycles. The van der Waals surface area contributed by atoms with Gasteiger partial charge in [0.2, 0.25) is 5.88 Å². The van der Waals surface area contributed by atoms with Crippen LogP contribution in [0.3, 0.4) is 0 Å². The van der Waals surface area contributed by atoms with E-state index in [9.17, 15) is 4.39 Å². The Morgan fingerprint density at radius 2 is 2.12 bits per heavy atom. The molecule has 0 N–H and O–H groups in total. The lowest BCUT2D eigenvalue weighted by atomic mass is 10.3. The molecule has 0 aliphatic heterocycles. The Kier molecular flexibility index (Phi) is 3.36. The van der Waals surface area contributed by atoms with Gasteiger partial charge in [0.25, 0.3) is 0 Å². The van der Waals surface area contributed by atoms with Crippen LogP contribution in [0, 0.1) is 5.82 Å². The van der Waals surface area contributed by atoms with Gasteiger partial charge in [-0.25, -0.2) is 4.39 Å². The summed E-state index contributed by atoms with van der Waals surface area (Å²) < 4.78 is 19.2. The third-order valence-corrected chi connectivity index (χ3v) is 2.37. The van der Waals surface area contributed by atoms with E-state index in [-0.39, 0.29) is 16.8 Å². The highest BCUT2D eigenvalue weighted by atomic mass is 79.9. The molecule has 0 fully saturated rings. The summed E-state index contributed by atoms with van der Waals surface area (Å²) in [6, 6.07) is 4.36. The quantitative estimate of drug-likeness (QED) is 0.846. The fourth-order valence-electron chi connectivity index (χ4n) is 1.04. The number of halogens is 3. The molecule has 3 nitrogen and oxygen atoms in total. The van der Waals surface area contributed by atoms with Crippen LogP contribution in [0.2, 0.25) is 5.15 Å². The van der Waals surface area contributed by atoms with Gasteiger partial charge >= 0.3 is 0 Å². The fourth-order valence-corrected chi connectivity index (χ4v) is 1.52. The third kappa shape index (κ3) is 2.68. The maximum absolute atomic E-state index is 13.3. The van der Waals surface area contributed by atoms with E-state index in [2.05, 4.69) is 25.9 Å². The van der Waals surface area contributed by atoms with E-state index in [0.29, 0.717) is 4.47 Å². The number of hydrogen-bond acceptors (Lipinski definition) is 3. The summed E-state index contributed by atoms with van der Waals surface area (Å²) in [5, 5.41) is 0.188. The van der Waals surface area contributed by atoms with Crippen molar-refractivity contribution in [3.8, 4) is 11.6 Å². The van der Waals surface area contributed by atoms with Crippen LogP contribution in [0.15, 0.2) is 35.1 Å². The van der Waals surface area contributed by atoms with Gasteiger partial charge in [-0.2, -0.15) is 4.98 Å². The SMILES string of the molecule is Fc1ccc(Br)cc1Oc1cncc(Cl)n1. The summed E-state index contributed by atoms with van der Waals surface area (Å²) in [7, 11) is 0. The molecular formula is C10H5BrClFN2O. The Labute approximate surface area is 104 Å². The molecule has 0 spiro atoms. The molecular weight excluding hydrogens is 298 g/mol. The van der Waals surface area contributed by atoms with Crippen LogP contribution in [-0.2, 0) is 0 Å². The minimum atomic E-state index is -0.482. The van der Waals surface area contributed by atoms with Gasteiger partial charge in [-0.1, -0.05) is 27.5 Å². The predicted molar refractivity (Wildman–Crippen MR) is 61.2 cm³/mol. The summed E-state index contributed by atoms with van der Waals surface area (Å²) in [5.41, 5.74) is 0. The summed E-state index contributed by atoms with van der Waals surface area (Å²) >= 11 is 8.84. The molecule has 0 bridgehead atoms. The van der Waals surface area contributed by atoms with Crippen LogP contribution in [0.5, 0.6) is 11.6 Å². The van der Waals surface area contributed by atoms with Crippen molar-refractivity contribution in [2.45, 2.75) is 0 Å². The van der Waals surface area contributed by atoms with Crippen molar-refractivity contribution < 1.29 is 9.13 Å². The minimum Gasteiger partial charge on any atom is -0.434 e. The highest BCUT2D eigenvalue weighted by Crippen LogP contribution is 2.26. The summed E-state index contributed by atoms with van der Waals surface area (Å²) in [4.78, 5) is 7.62. The van der Waals surface area contributed by atoms with E-state index < -0.39 is 5.82 Å². The van der Waals surface area contributed by atoms with E-state index in [1.54, 1.807) is 6.07 Å². The molecule has 6 heteroatoms. The monoisotopic (exact) mass is 302 g/mol. The van der Waals surface area contributed by atoms with Crippen molar-refractivity contribution in [2.75, 3.05) is 0 Å². The van der Waals surface area contributed by atoms with Crippen LogP contribution >= 0.6 is 27.5 Å². The summed E-state index contributed by atoms with van der Waals surface area (Å²) in [6.07, 6.45) is 2.72. The second kappa shape index (κ2) is 4.76. The zero-order chi connectivity index (χ0) is 11.5. The normalized spacial score (nSPS) is 10.2. The zero-order valence-electron chi connectivity index (χ0n) is 7.82. The van der Waals surface area contributed by atoms with E-state index in [1.807, 2.05) is 0 Å². The van der Waals surface area contributed by atoms with E-state index >= 15 is 0 Å². The second-order valence-electron chi connectivity index (χ2n) is 2.86.